The van der Waals surface area contributed by atoms with Crippen molar-refractivity contribution in [1.29, 1.82) is 0 Å². The average molecular weight is 268 g/mol. The molecule has 1 unspecified atom stereocenters. The van der Waals surface area contributed by atoms with Gasteiger partial charge in [-0.1, -0.05) is 20.8 Å². The summed E-state index contributed by atoms with van der Waals surface area (Å²) in [4.78, 5) is 0. The van der Waals surface area contributed by atoms with Gasteiger partial charge in [-0.25, -0.2) is 4.39 Å². The summed E-state index contributed by atoms with van der Waals surface area (Å²) >= 11 is 0. The van der Waals surface area contributed by atoms with Crippen LogP contribution in [0, 0.1) is 11.2 Å². The summed E-state index contributed by atoms with van der Waals surface area (Å²) in [5.74, 6) is -0.201. The van der Waals surface area contributed by atoms with Crippen LogP contribution in [0.15, 0.2) is 12.1 Å². The van der Waals surface area contributed by atoms with Gasteiger partial charge in [-0.3, -0.25) is 0 Å². The summed E-state index contributed by atoms with van der Waals surface area (Å²) < 4.78 is 19.2. The summed E-state index contributed by atoms with van der Waals surface area (Å²) in [6.45, 7) is 12.2. The Balaban J connectivity index is 3.01. The van der Waals surface area contributed by atoms with Gasteiger partial charge in [0.05, 0.1) is 17.5 Å². The number of nitrogen functional groups attached to an aromatic ring is 1. The largest absolute Gasteiger partial charge is 0.488 e. The normalized spacial score (nSPS) is 13.5. The molecule has 1 aromatic carbocycles. The molecule has 0 saturated carbocycles. The maximum atomic E-state index is 13.7. The Morgan fingerprint density at radius 3 is 2.26 bits per heavy atom. The van der Waals surface area contributed by atoms with E-state index in [2.05, 4.69) is 33.0 Å². The molecule has 0 aromatic heterocycles. The zero-order chi connectivity index (χ0) is 14.8. The summed E-state index contributed by atoms with van der Waals surface area (Å²) in [6, 6.07) is 3.13. The van der Waals surface area contributed by atoms with Crippen LogP contribution in [0.5, 0.6) is 5.75 Å². The molecule has 0 aliphatic carbocycles. The Bertz CT molecular complexity index is 439. The van der Waals surface area contributed by atoms with Gasteiger partial charge in [0.25, 0.3) is 0 Å². The van der Waals surface area contributed by atoms with Gasteiger partial charge in [-0.05, 0) is 26.2 Å². The molecule has 108 valence electrons. The minimum atomic E-state index is -0.430. The van der Waals surface area contributed by atoms with Crippen LogP contribution in [0.2, 0.25) is 0 Å². The highest BCUT2D eigenvalue weighted by Crippen LogP contribution is 2.31. The van der Waals surface area contributed by atoms with Crippen molar-refractivity contribution in [2.24, 2.45) is 5.41 Å². The van der Waals surface area contributed by atoms with E-state index in [0.29, 0.717) is 11.4 Å². The summed E-state index contributed by atoms with van der Waals surface area (Å²) in [7, 11) is 0. The fourth-order valence-corrected chi connectivity index (χ4v) is 1.49. The number of halogens is 1. The molecular formula is C15H25FN2O. The minimum absolute atomic E-state index is 0.0778. The Hall–Kier alpha value is -1.45. The SMILES string of the molecule is CC(C)Oc1cc(NC(C)C(C)(C)C)c(N)cc1F. The lowest BCUT2D eigenvalue weighted by Crippen LogP contribution is -2.31. The van der Waals surface area contributed by atoms with Gasteiger partial charge in [-0.2, -0.15) is 0 Å². The van der Waals surface area contributed by atoms with Crippen molar-refractivity contribution in [2.75, 3.05) is 11.1 Å². The molecule has 1 rings (SSSR count). The smallest absolute Gasteiger partial charge is 0.167 e. The minimum Gasteiger partial charge on any atom is -0.488 e. The highest BCUT2D eigenvalue weighted by Gasteiger charge is 2.21. The molecule has 1 aromatic rings. The second kappa shape index (κ2) is 5.68. The quantitative estimate of drug-likeness (QED) is 0.810. The van der Waals surface area contributed by atoms with Gasteiger partial charge >= 0.3 is 0 Å². The molecule has 1 atom stereocenters. The first kappa shape index (κ1) is 15.6. The van der Waals surface area contributed by atoms with E-state index in [4.69, 9.17) is 10.5 Å². The maximum absolute atomic E-state index is 13.7. The van der Waals surface area contributed by atoms with Crippen LogP contribution in [0.3, 0.4) is 0 Å². The first-order valence-corrected chi connectivity index (χ1v) is 6.63. The first-order chi connectivity index (χ1) is 8.61. The third-order valence-electron chi connectivity index (χ3n) is 3.14. The van der Waals surface area contributed by atoms with Gasteiger partial charge in [0.2, 0.25) is 0 Å². The van der Waals surface area contributed by atoms with E-state index in [9.17, 15) is 4.39 Å². The Morgan fingerprint density at radius 2 is 1.79 bits per heavy atom. The second-order valence-corrected chi connectivity index (χ2v) is 6.27. The molecule has 19 heavy (non-hydrogen) atoms. The maximum Gasteiger partial charge on any atom is 0.167 e. The van der Waals surface area contributed by atoms with Crippen LogP contribution < -0.4 is 15.8 Å². The number of benzene rings is 1. The van der Waals surface area contributed by atoms with Crippen molar-refractivity contribution < 1.29 is 9.13 Å². The van der Waals surface area contributed by atoms with Crippen LogP contribution in [-0.4, -0.2) is 12.1 Å². The molecule has 0 aliphatic rings. The summed E-state index contributed by atoms with van der Waals surface area (Å²) in [6.07, 6.45) is -0.0778. The van der Waals surface area contributed by atoms with E-state index >= 15 is 0 Å². The number of hydrogen-bond donors (Lipinski definition) is 2. The number of ether oxygens (including phenoxy) is 1. The number of hydrogen-bond acceptors (Lipinski definition) is 3. The van der Waals surface area contributed by atoms with E-state index in [-0.39, 0.29) is 23.3 Å². The van der Waals surface area contributed by atoms with Crippen LogP contribution in [0.25, 0.3) is 0 Å². The van der Waals surface area contributed by atoms with Gasteiger partial charge in [-0.15, -0.1) is 0 Å². The van der Waals surface area contributed by atoms with Crippen molar-refractivity contribution >= 4 is 11.4 Å². The molecule has 0 spiro atoms. The van der Waals surface area contributed by atoms with E-state index in [0.717, 1.165) is 0 Å². The van der Waals surface area contributed by atoms with Crippen LogP contribution >= 0.6 is 0 Å². The van der Waals surface area contributed by atoms with Crippen LogP contribution in [-0.2, 0) is 0 Å². The standard InChI is InChI=1S/C15H25FN2O/c1-9(2)19-14-8-13(12(17)7-11(14)16)18-10(3)15(4,5)6/h7-10,18H,17H2,1-6H3. The molecule has 0 bridgehead atoms. The zero-order valence-corrected chi connectivity index (χ0v) is 12.7. The second-order valence-electron chi connectivity index (χ2n) is 6.27. The molecular weight excluding hydrogens is 243 g/mol. The third-order valence-corrected chi connectivity index (χ3v) is 3.14. The summed E-state index contributed by atoms with van der Waals surface area (Å²) in [5.41, 5.74) is 7.04. The van der Waals surface area contributed by atoms with E-state index in [1.807, 2.05) is 13.8 Å². The third kappa shape index (κ3) is 4.30. The molecule has 0 radical (unpaired) electrons. The van der Waals surface area contributed by atoms with Crippen LogP contribution in [0.1, 0.15) is 41.5 Å². The van der Waals surface area contributed by atoms with Crippen LogP contribution in [0.4, 0.5) is 15.8 Å². The van der Waals surface area contributed by atoms with Crippen molar-refractivity contribution in [2.45, 2.75) is 53.7 Å². The lowest BCUT2D eigenvalue weighted by atomic mass is 9.88. The molecule has 0 saturated heterocycles. The summed E-state index contributed by atoms with van der Waals surface area (Å²) in [5, 5.41) is 3.32. The molecule has 3 nitrogen and oxygen atoms in total. The van der Waals surface area contributed by atoms with Crippen molar-refractivity contribution in [3.8, 4) is 5.75 Å². The predicted octanol–water partition coefficient (Wildman–Crippen LogP) is 4.04. The van der Waals surface area contributed by atoms with Gasteiger partial charge in [0.15, 0.2) is 11.6 Å². The molecule has 0 aliphatic heterocycles. The van der Waals surface area contributed by atoms with Crippen molar-refractivity contribution in [3.05, 3.63) is 17.9 Å². The lowest BCUT2D eigenvalue weighted by molar-refractivity contribution is 0.231. The van der Waals surface area contributed by atoms with E-state index < -0.39 is 5.82 Å². The molecule has 4 heteroatoms. The highest BCUT2D eigenvalue weighted by atomic mass is 19.1. The average Bonchev–Trinajstić information content (AvgIpc) is 2.22. The molecule has 3 N–H and O–H groups in total. The fourth-order valence-electron chi connectivity index (χ4n) is 1.49. The number of rotatable bonds is 4. The zero-order valence-electron chi connectivity index (χ0n) is 12.7. The number of nitrogens with one attached hydrogen (secondary N) is 1. The van der Waals surface area contributed by atoms with Crippen molar-refractivity contribution in [1.82, 2.24) is 0 Å². The van der Waals surface area contributed by atoms with Gasteiger partial charge < -0.3 is 15.8 Å². The predicted molar refractivity (Wildman–Crippen MR) is 79.1 cm³/mol. The Kier molecular flexibility index (Phi) is 4.66. The molecule has 0 heterocycles. The molecule has 0 amide bonds. The lowest BCUT2D eigenvalue weighted by Gasteiger charge is -2.29. The van der Waals surface area contributed by atoms with E-state index in [1.54, 1.807) is 6.07 Å². The van der Waals surface area contributed by atoms with Gasteiger partial charge in [0.1, 0.15) is 0 Å². The van der Waals surface area contributed by atoms with Gasteiger partial charge in [0, 0.05) is 18.2 Å². The topological polar surface area (TPSA) is 47.3 Å². The van der Waals surface area contributed by atoms with Crippen molar-refractivity contribution in [3.63, 3.8) is 0 Å². The van der Waals surface area contributed by atoms with E-state index in [1.165, 1.54) is 6.07 Å². The molecule has 0 fully saturated rings. The first-order valence-electron chi connectivity index (χ1n) is 6.63. The monoisotopic (exact) mass is 268 g/mol. The number of nitrogens with two attached hydrogens (primary N) is 1. The Morgan fingerprint density at radius 1 is 1.21 bits per heavy atom. The Labute approximate surface area is 115 Å². The number of anilines is 2. The fraction of sp³-hybridized carbons (Fsp3) is 0.600. The highest BCUT2D eigenvalue weighted by molar-refractivity contribution is 5.69.